The predicted molar refractivity (Wildman–Crippen MR) is 139 cm³/mol. The maximum absolute atomic E-state index is 13.5. The number of para-hydroxylation sites is 1. The van der Waals surface area contributed by atoms with Gasteiger partial charge in [0.25, 0.3) is 5.56 Å². The predicted octanol–water partition coefficient (Wildman–Crippen LogP) is 4.18. The highest BCUT2D eigenvalue weighted by atomic mass is 79.9. The third kappa shape index (κ3) is 3.64. The molecule has 0 N–H and O–H groups in total. The molecule has 1 fully saturated rings. The zero-order valence-corrected chi connectivity index (χ0v) is 20.1. The molecule has 3 aromatic carbocycles. The average molecular weight is 515 g/mol. The minimum absolute atomic E-state index is 0.0690. The molecular formula is C26H23BrN6O. The lowest BCUT2D eigenvalue weighted by atomic mass is 10.2. The molecule has 0 saturated carbocycles. The normalized spacial score (nSPS) is 14.3. The van der Waals surface area contributed by atoms with Gasteiger partial charge in [-0.05, 0) is 35.9 Å². The van der Waals surface area contributed by atoms with Gasteiger partial charge in [0.15, 0.2) is 0 Å². The van der Waals surface area contributed by atoms with E-state index in [4.69, 9.17) is 0 Å². The first-order valence-corrected chi connectivity index (χ1v) is 12.1. The van der Waals surface area contributed by atoms with Gasteiger partial charge in [0, 0.05) is 36.3 Å². The van der Waals surface area contributed by atoms with E-state index in [0.717, 1.165) is 47.7 Å². The van der Waals surface area contributed by atoms with E-state index in [9.17, 15) is 4.79 Å². The Labute approximate surface area is 205 Å². The van der Waals surface area contributed by atoms with Crippen molar-refractivity contribution < 1.29 is 0 Å². The van der Waals surface area contributed by atoms with Gasteiger partial charge in [0.2, 0.25) is 11.7 Å². The lowest BCUT2D eigenvalue weighted by molar-refractivity contribution is 0.638. The zero-order chi connectivity index (χ0) is 23.1. The van der Waals surface area contributed by atoms with E-state index in [1.165, 1.54) is 5.69 Å². The molecule has 2 aromatic heterocycles. The van der Waals surface area contributed by atoms with Crippen LogP contribution in [-0.2, 0) is 6.54 Å². The molecule has 34 heavy (non-hydrogen) atoms. The molecule has 0 unspecified atom stereocenters. The van der Waals surface area contributed by atoms with Crippen molar-refractivity contribution in [1.82, 2.24) is 19.2 Å². The topological polar surface area (TPSA) is 58.7 Å². The van der Waals surface area contributed by atoms with Crippen molar-refractivity contribution in [2.45, 2.75) is 6.54 Å². The fraction of sp³-hybridized carbons (Fsp3) is 0.192. The van der Waals surface area contributed by atoms with Crippen molar-refractivity contribution in [2.75, 3.05) is 36.0 Å². The maximum atomic E-state index is 13.5. The summed E-state index contributed by atoms with van der Waals surface area (Å²) >= 11 is 3.53. The highest BCUT2D eigenvalue weighted by Crippen LogP contribution is 2.25. The number of fused-ring (bicyclic) bond motifs is 3. The van der Waals surface area contributed by atoms with E-state index in [-0.39, 0.29) is 5.56 Å². The quantitative estimate of drug-likeness (QED) is 0.360. The molecule has 0 aliphatic carbocycles. The summed E-state index contributed by atoms with van der Waals surface area (Å²) in [6, 6.07) is 26.3. The van der Waals surface area contributed by atoms with Gasteiger partial charge in [-0.15, -0.1) is 10.2 Å². The number of anilines is 2. The van der Waals surface area contributed by atoms with E-state index >= 15 is 0 Å². The van der Waals surface area contributed by atoms with Gasteiger partial charge in [-0.1, -0.05) is 64.5 Å². The molecule has 5 aromatic rings. The number of piperazine rings is 1. The van der Waals surface area contributed by atoms with Gasteiger partial charge in [-0.2, -0.15) is 0 Å². The molecule has 0 radical (unpaired) electrons. The Kier molecular flexibility index (Phi) is 5.30. The highest BCUT2D eigenvalue weighted by molar-refractivity contribution is 9.10. The largest absolute Gasteiger partial charge is 0.368 e. The molecule has 1 aliphatic rings. The van der Waals surface area contributed by atoms with Crippen LogP contribution in [0.2, 0.25) is 0 Å². The second-order valence-corrected chi connectivity index (χ2v) is 9.40. The summed E-state index contributed by atoms with van der Waals surface area (Å²) in [5.41, 5.74) is 3.03. The third-order valence-corrected chi connectivity index (χ3v) is 6.91. The Hall–Kier alpha value is -3.65. The Morgan fingerprint density at radius 1 is 0.794 bits per heavy atom. The summed E-state index contributed by atoms with van der Waals surface area (Å²) in [7, 11) is 0. The number of benzene rings is 3. The molecule has 0 bridgehead atoms. The molecule has 7 nitrogen and oxygen atoms in total. The average Bonchev–Trinajstić information content (AvgIpc) is 3.33. The van der Waals surface area contributed by atoms with Gasteiger partial charge in [-0.3, -0.25) is 9.36 Å². The number of hydrogen-bond acceptors (Lipinski definition) is 5. The first kappa shape index (κ1) is 20.9. The standard InChI is InChI=1S/C26H23BrN6O/c27-20-11-12-23-22(17-20)24(34)32(18-19-7-3-1-4-8-19)26-29-28-25(33(23)26)31-15-13-30(14-16-31)21-9-5-2-6-10-21/h1-12,17H,13-16,18H2. The monoisotopic (exact) mass is 514 g/mol. The minimum atomic E-state index is -0.0690. The molecule has 1 aliphatic heterocycles. The summed E-state index contributed by atoms with van der Waals surface area (Å²) in [5, 5.41) is 9.73. The van der Waals surface area contributed by atoms with Crippen molar-refractivity contribution in [1.29, 1.82) is 0 Å². The van der Waals surface area contributed by atoms with Crippen LogP contribution < -0.4 is 15.4 Å². The lowest BCUT2D eigenvalue weighted by Crippen LogP contribution is -2.47. The van der Waals surface area contributed by atoms with E-state index in [0.29, 0.717) is 17.7 Å². The molecular weight excluding hydrogens is 492 g/mol. The van der Waals surface area contributed by atoms with Crippen LogP contribution in [0.15, 0.2) is 88.1 Å². The molecule has 0 atom stereocenters. The SMILES string of the molecule is O=c1c2cc(Br)ccc2n2c(N3CCN(c4ccccc4)CC3)nnc2n1Cc1ccccc1. The second-order valence-electron chi connectivity index (χ2n) is 8.48. The number of aromatic nitrogens is 4. The number of rotatable bonds is 4. The van der Waals surface area contributed by atoms with Gasteiger partial charge in [0.05, 0.1) is 17.4 Å². The van der Waals surface area contributed by atoms with Crippen LogP contribution in [-0.4, -0.2) is 45.3 Å². The van der Waals surface area contributed by atoms with E-state index < -0.39 is 0 Å². The van der Waals surface area contributed by atoms with Crippen molar-refractivity contribution in [2.24, 2.45) is 0 Å². The van der Waals surface area contributed by atoms with E-state index in [1.807, 2.05) is 59.0 Å². The zero-order valence-electron chi connectivity index (χ0n) is 18.5. The van der Waals surface area contributed by atoms with Gasteiger partial charge in [0.1, 0.15) is 0 Å². The Morgan fingerprint density at radius 3 is 2.21 bits per heavy atom. The van der Waals surface area contributed by atoms with E-state index in [1.54, 1.807) is 4.57 Å². The van der Waals surface area contributed by atoms with Crippen molar-refractivity contribution in [3.05, 3.63) is 99.3 Å². The van der Waals surface area contributed by atoms with Crippen LogP contribution in [0.1, 0.15) is 5.56 Å². The van der Waals surface area contributed by atoms with Gasteiger partial charge < -0.3 is 9.80 Å². The van der Waals surface area contributed by atoms with Gasteiger partial charge >= 0.3 is 0 Å². The van der Waals surface area contributed by atoms with Crippen LogP contribution in [0.4, 0.5) is 11.6 Å². The third-order valence-electron chi connectivity index (χ3n) is 6.41. The smallest absolute Gasteiger partial charge is 0.263 e. The molecule has 170 valence electrons. The Bertz CT molecular complexity index is 1520. The van der Waals surface area contributed by atoms with Crippen molar-refractivity contribution >= 4 is 44.2 Å². The first-order chi connectivity index (χ1) is 16.7. The summed E-state index contributed by atoms with van der Waals surface area (Å²) < 4.78 is 4.62. The van der Waals surface area contributed by atoms with Crippen LogP contribution in [0.25, 0.3) is 16.7 Å². The van der Waals surface area contributed by atoms with Crippen LogP contribution >= 0.6 is 15.9 Å². The molecule has 3 heterocycles. The number of hydrogen-bond donors (Lipinski definition) is 0. The molecule has 6 rings (SSSR count). The maximum Gasteiger partial charge on any atom is 0.263 e. The minimum Gasteiger partial charge on any atom is -0.368 e. The number of nitrogens with zero attached hydrogens (tertiary/aromatic N) is 6. The molecule has 1 saturated heterocycles. The molecule has 0 spiro atoms. The fourth-order valence-corrected chi connectivity index (χ4v) is 5.05. The lowest BCUT2D eigenvalue weighted by Gasteiger charge is -2.36. The van der Waals surface area contributed by atoms with Crippen LogP contribution in [0.5, 0.6) is 0 Å². The second kappa shape index (κ2) is 8.61. The van der Waals surface area contributed by atoms with Gasteiger partial charge in [-0.25, -0.2) is 4.40 Å². The number of halogens is 1. The first-order valence-electron chi connectivity index (χ1n) is 11.3. The highest BCUT2D eigenvalue weighted by Gasteiger charge is 2.24. The molecule has 8 heteroatoms. The summed E-state index contributed by atoms with van der Waals surface area (Å²) in [6.45, 7) is 3.88. The Morgan fingerprint density at radius 2 is 1.47 bits per heavy atom. The van der Waals surface area contributed by atoms with Crippen molar-refractivity contribution in [3.8, 4) is 0 Å². The van der Waals surface area contributed by atoms with Crippen molar-refractivity contribution in [3.63, 3.8) is 0 Å². The van der Waals surface area contributed by atoms with Crippen LogP contribution in [0, 0.1) is 0 Å². The van der Waals surface area contributed by atoms with Crippen LogP contribution in [0.3, 0.4) is 0 Å². The van der Waals surface area contributed by atoms with E-state index in [2.05, 4.69) is 60.2 Å². The Balaban J connectivity index is 1.44. The molecule has 0 amide bonds. The fourth-order valence-electron chi connectivity index (χ4n) is 4.69. The summed E-state index contributed by atoms with van der Waals surface area (Å²) in [4.78, 5) is 18.2. The summed E-state index contributed by atoms with van der Waals surface area (Å²) in [5.74, 6) is 1.33. The summed E-state index contributed by atoms with van der Waals surface area (Å²) in [6.07, 6.45) is 0.